The molecule has 64 valence electrons. The Labute approximate surface area is 101 Å². The summed E-state index contributed by atoms with van der Waals surface area (Å²) in [7, 11) is -10.8. The van der Waals surface area contributed by atoms with E-state index in [4.69, 9.17) is 38.5 Å². The molecule has 0 fully saturated rings. The van der Waals surface area contributed by atoms with Crippen LogP contribution in [0.15, 0.2) is 0 Å². The zero-order valence-corrected chi connectivity index (χ0v) is 11.0. The first kappa shape index (κ1) is 23.6. The first-order valence-electron chi connectivity index (χ1n) is 1.46. The van der Waals surface area contributed by atoms with Crippen LogP contribution in [0.25, 0.3) is 0 Å². The molecule has 12 heavy (non-hydrogen) atoms. The maximum atomic E-state index is 8.55. The second kappa shape index (κ2) is 9.38. The second-order valence-corrected chi connectivity index (χ2v) is 2.68. The number of hydrogen-bond donors (Lipinski definition) is 0. The summed E-state index contributed by atoms with van der Waals surface area (Å²) in [6, 6.07) is 0. The van der Waals surface area contributed by atoms with E-state index in [9.17, 15) is 0 Å². The largest absolute Gasteiger partial charge is 4.00 e. The summed E-state index contributed by atoms with van der Waals surface area (Å²) in [5.41, 5.74) is 0. The molecule has 0 heterocycles. The molecular weight excluding hydrogens is 329 g/mol. The van der Waals surface area contributed by atoms with Crippen LogP contribution in [-0.2, 0) is 57.1 Å². The molecule has 0 aromatic carbocycles. The Balaban J connectivity index is -0.0000000457. The van der Waals surface area contributed by atoms with Gasteiger partial charge in [0, 0.05) is 0 Å². The molecule has 0 amide bonds. The van der Waals surface area contributed by atoms with Crippen LogP contribution in [0.3, 0.4) is 0 Å². The second-order valence-electron chi connectivity index (χ2n) is 0.894. The van der Waals surface area contributed by atoms with Crippen LogP contribution in [-0.4, -0.2) is 0 Å². The molecule has 0 rings (SSSR count). The van der Waals surface area contributed by atoms with Crippen molar-refractivity contribution >= 4 is 15.6 Å². The van der Waals surface area contributed by atoms with E-state index in [0.29, 0.717) is 0 Å². The van der Waals surface area contributed by atoms with E-state index >= 15 is 0 Å². The number of hydrogen-bond acceptors (Lipinski definition) is 8. The standard InChI is InChI=1S/2H3O4P.Ti.Zr/c2*1-5(2,3)4;;/h2*(H3,1,2,3,4);;/q;;2*+4/p-6. The van der Waals surface area contributed by atoms with Gasteiger partial charge < -0.3 is 38.5 Å². The van der Waals surface area contributed by atoms with E-state index in [1.54, 1.807) is 0 Å². The van der Waals surface area contributed by atoms with Gasteiger partial charge in [-0.05, 0) is 0 Å². The average molecular weight is 329 g/mol. The topological polar surface area (TPSA) is 172 Å². The van der Waals surface area contributed by atoms with Gasteiger partial charge in [0.25, 0.3) is 0 Å². The van der Waals surface area contributed by atoms with Gasteiger partial charge in [-0.1, -0.05) is 0 Å². The third kappa shape index (κ3) is 419. The normalized spacial score (nSPS) is 9.83. The fraction of sp³-hybridized carbons (Fsp3) is 0. The molecule has 0 spiro atoms. The van der Waals surface area contributed by atoms with Crippen LogP contribution in [0.2, 0.25) is 0 Å². The molecular formula is O8P2TiZr+2. The van der Waals surface area contributed by atoms with Gasteiger partial charge in [-0.3, -0.25) is 0 Å². The van der Waals surface area contributed by atoms with Crippen molar-refractivity contribution in [3.05, 3.63) is 0 Å². The first-order chi connectivity index (χ1) is 4.00. The molecule has 0 aromatic heterocycles. The van der Waals surface area contributed by atoms with Gasteiger partial charge in [0.05, 0.1) is 0 Å². The molecule has 0 N–H and O–H groups in total. The van der Waals surface area contributed by atoms with Crippen LogP contribution in [0.5, 0.6) is 0 Å². The van der Waals surface area contributed by atoms with Crippen LogP contribution < -0.4 is 29.4 Å². The minimum Gasteiger partial charge on any atom is -0.822 e. The molecule has 0 aliphatic rings. The molecule has 8 nitrogen and oxygen atoms in total. The SMILES string of the molecule is O=P([O-])([O-])[O-].O=P([O-])([O-])[O-].[Ti+4].[Zr+4]. The van der Waals surface area contributed by atoms with Gasteiger partial charge in [0.1, 0.15) is 0 Å². The summed E-state index contributed by atoms with van der Waals surface area (Å²) in [5, 5.41) is 0. The Bertz CT molecular complexity index is 129. The number of rotatable bonds is 0. The zero-order valence-electron chi connectivity index (χ0n) is 5.16. The first-order valence-corrected chi connectivity index (χ1v) is 4.38. The molecule has 0 aliphatic heterocycles. The molecule has 0 aliphatic carbocycles. The molecule has 0 atom stereocenters. The molecule has 0 unspecified atom stereocenters. The van der Waals surface area contributed by atoms with Crippen LogP contribution in [0.4, 0.5) is 0 Å². The van der Waals surface area contributed by atoms with Crippen molar-refractivity contribution in [3.63, 3.8) is 0 Å². The van der Waals surface area contributed by atoms with Crippen molar-refractivity contribution in [2.75, 3.05) is 0 Å². The molecule has 0 bridgehead atoms. The van der Waals surface area contributed by atoms with Gasteiger partial charge in [-0.15, -0.1) is 0 Å². The molecule has 0 radical (unpaired) electrons. The van der Waals surface area contributed by atoms with E-state index < -0.39 is 15.6 Å². The Kier molecular flexibility index (Phi) is 18.4. The summed E-state index contributed by atoms with van der Waals surface area (Å²) >= 11 is 0. The average Bonchev–Trinajstić information content (AvgIpc) is 1.12. The minimum absolute atomic E-state index is 0. The molecule has 12 heteroatoms. The van der Waals surface area contributed by atoms with E-state index in [1.807, 2.05) is 0 Å². The molecule has 0 saturated heterocycles. The van der Waals surface area contributed by atoms with Crippen LogP contribution in [0, 0.1) is 0 Å². The van der Waals surface area contributed by atoms with Gasteiger partial charge in [0.15, 0.2) is 0 Å². The van der Waals surface area contributed by atoms with Gasteiger partial charge in [-0.2, -0.15) is 15.6 Å². The minimum atomic E-state index is -5.39. The maximum Gasteiger partial charge on any atom is 4.00 e. The predicted octanol–water partition coefficient (Wildman–Crippen LogP) is -5.65. The van der Waals surface area contributed by atoms with Crippen LogP contribution in [0.1, 0.15) is 0 Å². The fourth-order valence-corrected chi connectivity index (χ4v) is 0. The van der Waals surface area contributed by atoms with Crippen molar-refractivity contribution < 1.29 is 86.4 Å². The zero-order chi connectivity index (χ0) is 9.00. The van der Waals surface area contributed by atoms with E-state index in [1.165, 1.54) is 0 Å². The van der Waals surface area contributed by atoms with Crippen molar-refractivity contribution in [2.45, 2.75) is 0 Å². The smallest absolute Gasteiger partial charge is 0.822 e. The monoisotopic (exact) mass is 328 g/mol. The molecule has 0 aromatic rings. The maximum absolute atomic E-state index is 8.55. The summed E-state index contributed by atoms with van der Waals surface area (Å²) in [6.45, 7) is 0. The Morgan fingerprint density at radius 1 is 0.667 bits per heavy atom. The van der Waals surface area contributed by atoms with Crippen molar-refractivity contribution in [1.29, 1.82) is 0 Å². The van der Waals surface area contributed by atoms with Gasteiger partial charge in [-0.25, -0.2) is 0 Å². The number of phosphoric acid groups is 2. The van der Waals surface area contributed by atoms with Crippen molar-refractivity contribution in [1.82, 2.24) is 0 Å². The third-order valence-corrected chi connectivity index (χ3v) is 0. The van der Waals surface area contributed by atoms with Crippen LogP contribution >= 0.6 is 15.6 Å². The Morgan fingerprint density at radius 2 is 0.667 bits per heavy atom. The van der Waals surface area contributed by atoms with E-state index in [-0.39, 0.29) is 47.9 Å². The third-order valence-electron chi connectivity index (χ3n) is 0. The quantitative estimate of drug-likeness (QED) is 0.312. The summed E-state index contributed by atoms with van der Waals surface area (Å²) in [4.78, 5) is 51.3. The summed E-state index contributed by atoms with van der Waals surface area (Å²) in [5.74, 6) is 0. The van der Waals surface area contributed by atoms with Crippen molar-refractivity contribution in [3.8, 4) is 0 Å². The Morgan fingerprint density at radius 3 is 0.667 bits per heavy atom. The van der Waals surface area contributed by atoms with E-state index in [0.717, 1.165) is 0 Å². The molecule has 0 saturated carbocycles. The fourth-order valence-electron chi connectivity index (χ4n) is 0. The van der Waals surface area contributed by atoms with Crippen molar-refractivity contribution in [2.24, 2.45) is 0 Å². The predicted molar refractivity (Wildman–Crippen MR) is 15.2 cm³/mol. The summed E-state index contributed by atoms with van der Waals surface area (Å²) < 4.78 is 17.1. The Hall–Kier alpha value is 1.82. The van der Waals surface area contributed by atoms with Gasteiger partial charge >= 0.3 is 47.9 Å². The van der Waals surface area contributed by atoms with E-state index in [2.05, 4.69) is 0 Å². The summed E-state index contributed by atoms with van der Waals surface area (Å²) in [6.07, 6.45) is 0. The van der Waals surface area contributed by atoms with Gasteiger partial charge in [0.2, 0.25) is 0 Å².